The van der Waals surface area contributed by atoms with Crippen molar-refractivity contribution >= 4 is 11.9 Å². The van der Waals surface area contributed by atoms with Gasteiger partial charge in [0.25, 0.3) is 0 Å². The number of hydrogen-bond acceptors (Lipinski definition) is 3. The topological polar surface area (TPSA) is 24.9 Å². The average molecular weight is 278 g/mol. The average Bonchev–Trinajstić information content (AvgIpc) is 2.24. The number of aromatic nitrogens is 1. The molecule has 2 nitrogen and oxygen atoms in total. The lowest BCUT2D eigenvalue weighted by Gasteiger charge is -2.21. The molecule has 1 rings (SSSR count). The first-order valence-corrected chi connectivity index (χ1v) is 6.38. The Labute approximate surface area is 110 Å². The predicted molar refractivity (Wildman–Crippen MR) is 68.1 cm³/mol. The van der Waals surface area contributed by atoms with Crippen LogP contribution in [0.4, 0.5) is 13.2 Å². The van der Waals surface area contributed by atoms with Gasteiger partial charge in [0, 0.05) is 17.0 Å². The molecule has 0 radical (unpaired) electrons. The molecule has 6 heteroatoms. The molecular formula is C12H17F3N2S. The summed E-state index contributed by atoms with van der Waals surface area (Å²) in [5, 5.41) is 0. The fourth-order valence-corrected chi connectivity index (χ4v) is 1.83. The van der Waals surface area contributed by atoms with Crippen molar-refractivity contribution in [1.29, 1.82) is 0 Å². The van der Waals surface area contributed by atoms with Crippen LogP contribution in [0.3, 0.4) is 0 Å². The third kappa shape index (κ3) is 4.86. The molecule has 102 valence electrons. The molecule has 0 aromatic carbocycles. The highest BCUT2D eigenvalue weighted by atomic mass is 32.2. The summed E-state index contributed by atoms with van der Waals surface area (Å²) in [6.45, 7) is 8.07. The van der Waals surface area contributed by atoms with Crippen molar-refractivity contribution < 1.29 is 13.2 Å². The zero-order chi connectivity index (χ0) is 14.0. The van der Waals surface area contributed by atoms with E-state index in [1.165, 1.54) is 12.3 Å². The lowest BCUT2D eigenvalue weighted by Crippen LogP contribution is -2.20. The van der Waals surface area contributed by atoms with Crippen LogP contribution in [0, 0.1) is 0 Å². The van der Waals surface area contributed by atoms with Gasteiger partial charge in [-0.05, 0) is 39.3 Å². The summed E-state index contributed by atoms with van der Waals surface area (Å²) in [5.74, 6) is 0. The van der Waals surface area contributed by atoms with Gasteiger partial charge in [0.05, 0.1) is 0 Å². The molecule has 0 bridgehead atoms. The van der Waals surface area contributed by atoms with Gasteiger partial charge in [0.2, 0.25) is 0 Å². The van der Waals surface area contributed by atoms with Crippen LogP contribution in [-0.2, 0) is 6.18 Å². The minimum absolute atomic E-state index is 0.0492. The van der Waals surface area contributed by atoms with E-state index < -0.39 is 11.9 Å². The van der Waals surface area contributed by atoms with E-state index in [1.807, 2.05) is 6.92 Å². The van der Waals surface area contributed by atoms with Crippen molar-refractivity contribution in [3.8, 4) is 0 Å². The Morgan fingerprint density at radius 3 is 2.22 bits per heavy atom. The summed E-state index contributed by atoms with van der Waals surface area (Å²) in [6.07, 6.45) is -3.11. The Morgan fingerprint density at radius 1 is 1.22 bits per heavy atom. The van der Waals surface area contributed by atoms with Crippen LogP contribution >= 0.6 is 11.9 Å². The fourth-order valence-electron chi connectivity index (χ4n) is 1.16. The van der Waals surface area contributed by atoms with Crippen molar-refractivity contribution in [2.75, 3.05) is 0 Å². The van der Waals surface area contributed by atoms with Gasteiger partial charge >= 0.3 is 6.18 Å². The van der Waals surface area contributed by atoms with E-state index >= 15 is 0 Å². The lowest BCUT2D eigenvalue weighted by molar-refractivity contribution is -0.141. The van der Waals surface area contributed by atoms with Crippen LogP contribution in [0.1, 0.15) is 45.0 Å². The summed E-state index contributed by atoms with van der Waals surface area (Å²) in [4.78, 5) is 3.44. The lowest BCUT2D eigenvalue weighted by atomic mass is 10.1. The summed E-state index contributed by atoms with van der Waals surface area (Å²) < 4.78 is 40.3. The van der Waals surface area contributed by atoms with Crippen LogP contribution in [0.15, 0.2) is 18.3 Å². The third-order valence-corrected chi connectivity index (χ3v) is 3.20. The van der Waals surface area contributed by atoms with Crippen molar-refractivity contribution in [1.82, 2.24) is 9.71 Å². The Kier molecular flexibility index (Phi) is 4.66. The van der Waals surface area contributed by atoms with Crippen LogP contribution in [0.5, 0.6) is 0 Å². The second kappa shape index (κ2) is 5.48. The van der Waals surface area contributed by atoms with Gasteiger partial charge < -0.3 is 0 Å². The molecule has 18 heavy (non-hydrogen) atoms. The van der Waals surface area contributed by atoms with E-state index in [4.69, 9.17) is 0 Å². The fraction of sp³-hybridized carbons (Fsp3) is 0.583. The zero-order valence-electron chi connectivity index (χ0n) is 10.8. The first-order valence-electron chi connectivity index (χ1n) is 5.56. The highest BCUT2D eigenvalue weighted by molar-refractivity contribution is 7.98. The SMILES string of the molecule is C[C@@H](NSC(C)(C)C)c1ccc(C(F)(F)F)nc1. The number of nitrogens with zero attached hydrogens (tertiary/aromatic N) is 1. The van der Waals surface area contributed by atoms with E-state index in [0.29, 0.717) is 0 Å². The summed E-state index contributed by atoms with van der Waals surface area (Å²) in [7, 11) is 0. The molecule has 0 saturated heterocycles. The number of alkyl halides is 3. The highest BCUT2D eigenvalue weighted by Gasteiger charge is 2.32. The smallest absolute Gasteiger partial charge is 0.256 e. The maximum atomic E-state index is 12.3. The zero-order valence-corrected chi connectivity index (χ0v) is 11.6. The number of hydrogen-bond donors (Lipinski definition) is 1. The van der Waals surface area contributed by atoms with E-state index in [1.54, 1.807) is 11.9 Å². The molecule has 1 N–H and O–H groups in total. The molecule has 1 heterocycles. The van der Waals surface area contributed by atoms with Gasteiger partial charge in [0.1, 0.15) is 5.69 Å². The van der Waals surface area contributed by atoms with Crippen LogP contribution in [0.2, 0.25) is 0 Å². The third-order valence-electron chi connectivity index (χ3n) is 2.12. The van der Waals surface area contributed by atoms with Crippen molar-refractivity contribution in [2.24, 2.45) is 0 Å². The molecule has 0 spiro atoms. The van der Waals surface area contributed by atoms with Gasteiger partial charge in [-0.3, -0.25) is 9.71 Å². The van der Waals surface area contributed by atoms with Crippen molar-refractivity contribution in [2.45, 2.75) is 44.7 Å². The van der Waals surface area contributed by atoms with Gasteiger partial charge in [0.15, 0.2) is 0 Å². The number of nitrogens with one attached hydrogen (secondary N) is 1. The van der Waals surface area contributed by atoms with E-state index in [-0.39, 0.29) is 10.8 Å². The highest BCUT2D eigenvalue weighted by Crippen LogP contribution is 2.29. The van der Waals surface area contributed by atoms with Gasteiger partial charge in [-0.2, -0.15) is 13.2 Å². The predicted octanol–water partition coefficient (Wildman–Crippen LogP) is 4.20. The maximum absolute atomic E-state index is 12.3. The second-order valence-electron chi connectivity index (χ2n) is 5.03. The Balaban J connectivity index is 2.68. The Morgan fingerprint density at radius 2 is 1.83 bits per heavy atom. The molecular weight excluding hydrogens is 261 g/mol. The molecule has 1 aromatic heterocycles. The largest absolute Gasteiger partial charge is 0.433 e. The molecule has 0 aliphatic rings. The maximum Gasteiger partial charge on any atom is 0.433 e. The Hall–Kier alpha value is -0.750. The first kappa shape index (κ1) is 15.3. The molecule has 0 amide bonds. The van der Waals surface area contributed by atoms with E-state index in [2.05, 4.69) is 30.5 Å². The number of halogens is 3. The van der Waals surface area contributed by atoms with Crippen molar-refractivity contribution in [3.05, 3.63) is 29.6 Å². The minimum atomic E-state index is -4.38. The summed E-state index contributed by atoms with van der Waals surface area (Å²) >= 11 is 1.55. The normalized spacial score (nSPS) is 14.6. The van der Waals surface area contributed by atoms with Gasteiger partial charge in [-0.1, -0.05) is 18.0 Å². The summed E-state index contributed by atoms with van der Waals surface area (Å²) in [5.41, 5.74) is -0.123. The van der Waals surface area contributed by atoms with Crippen molar-refractivity contribution in [3.63, 3.8) is 0 Å². The molecule has 0 unspecified atom stereocenters. The first-order chi connectivity index (χ1) is 8.09. The molecule has 0 saturated carbocycles. The monoisotopic (exact) mass is 278 g/mol. The molecule has 1 atom stereocenters. The second-order valence-corrected chi connectivity index (χ2v) is 6.69. The molecule has 0 fully saturated rings. The summed E-state index contributed by atoms with van der Waals surface area (Å²) in [6, 6.07) is 2.41. The van der Waals surface area contributed by atoms with Crippen LogP contribution in [-0.4, -0.2) is 9.73 Å². The van der Waals surface area contributed by atoms with E-state index in [9.17, 15) is 13.2 Å². The van der Waals surface area contributed by atoms with Crippen LogP contribution < -0.4 is 4.72 Å². The molecule has 0 aliphatic heterocycles. The van der Waals surface area contributed by atoms with Gasteiger partial charge in [-0.25, -0.2) is 0 Å². The molecule has 0 aliphatic carbocycles. The standard InChI is InChI=1S/C12H17F3N2S/c1-8(17-18-11(2,3)4)9-5-6-10(16-7-9)12(13,14)15/h5-8,17H,1-4H3/t8-/m1/s1. The van der Waals surface area contributed by atoms with Crippen LogP contribution in [0.25, 0.3) is 0 Å². The quantitative estimate of drug-likeness (QED) is 0.839. The number of pyridine rings is 1. The minimum Gasteiger partial charge on any atom is -0.256 e. The van der Waals surface area contributed by atoms with Gasteiger partial charge in [-0.15, -0.1) is 0 Å². The number of rotatable bonds is 3. The Bertz CT molecular complexity index is 382. The van der Waals surface area contributed by atoms with E-state index in [0.717, 1.165) is 11.6 Å². The molecule has 1 aromatic rings.